The van der Waals surface area contributed by atoms with E-state index in [4.69, 9.17) is 0 Å². The van der Waals surface area contributed by atoms with E-state index in [1.54, 1.807) is 31.2 Å². The number of ether oxygens (including phenoxy) is 1. The minimum absolute atomic E-state index is 0.236. The van der Waals surface area contributed by atoms with E-state index >= 15 is 0 Å². The SMILES string of the molecule is COC(=O)CCS(=O)(=O)CC(=O)c1ccccc1C. The van der Waals surface area contributed by atoms with Crippen molar-refractivity contribution in [3.8, 4) is 0 Å². The second-order valence-corrected chi connectivity index (χ2v) is 6.34. The summed E-state index contributed by atoms with van der Waals surface area (Å²) in [6.07, 6.45) is -0.236. The Labute approximate surface area is 112 Å². The van der Waals surface area contributed by atoms with Crippen LogP contribution < -0.4 is 0 Å². The lowest BCUT2D eigenvalue weighted by molar-refractivity contribution is -0.140. The Hall–Kier alpha value is -1.69. The van der Waals surface area contributed by atoms with Crippen LogP contribution in [0.3, 0.4) is 0 Å². The Morgan fingerprint density at radius 3 is 2.42 bits per heavy atom. The number of hydrogen-bond acceptors (Lipinski definition) is 5. The van der Waals surface area contributed by atoms with Gasteiger partial charge in [0.1, 0.15) is 5.75 Å². The molecule has 0 saturated heterocycles. The van der Waals surface area contributed by atoms with Crippen LogP contribution in [0.25, 0.3) is 0 Å². The third-order valence-corrected chi connectivity index (χ3v) is 4.17. The first-order valence-electron chi connectivity index (χ1n) is 5.72. The Morgan fingerprint density at radius 1 is 1.21 bits per heavy atom. The number of hydrogen-bond donors (Lipinski definition) is 0. The van der Waals surface area contributed by atoms with Crippen LogP contribution in [-0.4, -0.2) is 38.8 Å². The van der Waals surface area contributed by atoms with Crippen molar-refractivity contribution in [3.63, 3.8) is 0 Å². The van der Waals surface area contributed by atoms with Gasteiger partial charge in [0, 0.05) is 5.56 Å². The summed E-state index contributed by atoms with van der Waals surface area (Å²) >= 11 is 0. The standard InChI is InChI=1S/C13H16O5S/c1-10-5-3-4-6-11(10)12(14)9-19(16,17)8-7-13(15)18-2/h3-6H,7-9H2,1-2H3. The van der Waals surface area contributed by atoms with Crippen LogP contribution >= 0.6 is 0 Å². The maximum Gasteiger partial charge on any atom is 0.306 e. The molecule has 1 rings (SSSR count). The lowest BCUT2D eigenvalue weighted by atomic mass is 10.1. The number of rotatable bonds is 6. The molecule has 0 fully saturated rings. The molecule has 104 valence electrons. The van der Waals surface area contributed by atoms with Crippen molar-refractivity contribution in [1.82, 2.24) is 0 Å². The van der Waals surface area contributed by atoms with Crippen LogP contribution in [0, 0.1) is 6.92 Å². The first-order chi connectivity index (χ1) is 8.85. The van der Waals surface area contributed by atoms with E-state index in [0.29, 0.717) is 5.56 Å². The van der Waals surface area contributed by atoms with Gasteiger partial charge in [-0.1, -0.05) is 24.3 Å². The quantitative estimate of drug-likeness (QED) is 0.578. The normalized spacial score (nSPS) is 11.1. The molecule has 0 aliphatic carbocycles. The number of ketones is 1. The van der Waals surface area contributed by atoms with Crippen molar-refractivity contribution in [2.45, 2.75) is 13.3 Å². The number of Topliss-reactive ketones (excluding diaryl/α,β-unsaturated/α-hetero) is 1. The van der Waals surface area contributed by atoms with Crippen molar-refractivity contribution in [2.24, 2.45) is 0 Å². The van der Waals surface area contributed by atoms with Gasteiger partial charge in [-0.2, -0.15) is 0 Å². The number of esters is 1. The van der Waals surface area contributed by atoms with Crippen LogP contribution in [0.15, 0.2) is 24.3 Å². The molecule has 0 radical (unpaired) electrons. The largest absolute Gasteiger partial charge is 0.469 e. The Balaban J connectivity index is 2.71. The fraction of sp³-hybridized carbons (Fsp3) is 0.385. The maximum absolute atomic E-state index is 11.9. The smallest absolute Gasteiger partial charge is 0.306 e. The number of carbonyl (C=O) groups is 2. The van der Waals surface area contributed by atoms with Crippen LogP contribution in [0.5, 0.6) is 0 Å². The van der Waals surface area contributed by atoms with Gasteiger partial charge in [0.05, 0.1) is 19.3 Å². The predicted molar refractivity (Wildman–Crippen MR) is 70.8 cm³/mol. The van der Waals surface area contributed by atoms with Crippen molar-refractivity contribution in [1.29, 1.82) is 0 Å². The molecule has 5 nitrogen and oxygen atoms in total. The first-order valence-corrected chi connectivity index (χ1v) is 7.54. The van der Waals surface area contributed by atoms with E-state index in [9.17, 15) is 18.0 Å². The first kappa shape index (κ1) is 15.4. The number of sulfone groups is 1. The second-order valence-electron chi connectivity index (χ2n) is 4.16. The molecule has 0 spiro atoms. The zero-order valence-electron chi connectivity index (χ0n) is 10.9. The number of methoxy groups -OCH3 is 1. The van der Waals surface area contributed by atoms with Crippen molar-refractivity contribution < 1.29 is 22.7 Å². The number of carbonyl (C=O) groups excluding carboxylic acids is 2. The van der Waals surface area contributed by atoms with Crippen LogP contribution in [-0.2, 0) is 19.4 Å². The topological polar surface area (TPSA) is 77.5 Å². The molecule has 0 heterocycles. The third-order valence-electron chi connectivity index (χ3n) is 2.64. The molecular formula is C13H16O5S. The van der Waals surface area contributed by atoms with E-state index < -0.39 is 27.3 Å². The molecule has 1 aromatic carbocycles. The van der Waals surface area contributed by atoms with Gasteiger partial charge in [0.15, 0.2) is 15.6 Å². The molecule has 19 heavy (non-hydrogen) atoms. The molecule has 0 aliphatic rings. The molecular weight excluding hydrogens is 268 g/mol. The molecule has 0 saturated carbocycles. The summed E-state index contributed by atoms with van der Waals surface area (Å²) in [4.78, 5) is 22.8. The van der Waals surface area contributed by atoms with E-state index in [1.807, 2.05) is 0 Å². The zero-order chi connectivity index (χ0) is 14.5. The van der Waals surface area contributed by atoms with Crippen LogP contribution in [0.1, 0.15) is 22.3 Å². The van der Waals surface area contributed by atoms with Gasteiger partial charge in [-0.15, -0.1) is 0 Å². The summed E-state index contributed by atoms with van der Waals surface area (Å²) in [5.74, 6) is -2.03. The van der Waals surface area contributed by atoms with E-state index in [-0.39, 0.29) is 12.2 Å². The lowest BCUT2D eigenvalue weighted by Gasteiger charge is -2.05. The molecule has 0 N–H and O–H groups in total. The summed E-state index contributed by atoms with van der Waals surface area (Å²) in [6, 6.07) is 6.79. The highest BCUT2D eigenvalue weighted by Crippen LogP contribution is 2.10. The van der Waals surface area contributed by atoms with Crippen molar-refractivity contribution in [2.75, 3.05) is 18.6 Å². The Morgan fingerprint density at radius 2 is 1.84 bits per heavy atom. The highest BCUT2D eigenvalue weighted by molar-refractivity contribution is 7.92. The fourth-order valence-corrected chi connectivity index (χ4v) is 2.75. The third kappa shape index (κ3) is 4.82. The fourth-order valence-electron chi connectivity index (χ4n) is 1.58. The average Bonchev–Trinajstić information content (AvgIpc) is 2.36. The Kier molecular flexibility index (Phi) is 5.23. The van der Waals surface area contributed by atoms with Gasteiger partial charge in [-0.05, 0) is 12.5 Å². The summed E-state index contributed by atoms with van der Waals surface area (Å²) in [7, 11) is -2.41. The van der Waals surface area contributed by atoms with Gasteiger partial charge < -0.3 is 4.74 Å². The molecule has 0 bridgehead atoms. The second kappa shape index (κ2) is 6.47. The van der Waals surface area contributed by atoms with Crippen molar-refractivity contribution >= 4 is 21.6 Å². The van der Waals surface area contributed by atoms with Gasteiger partial charge in [-0.25, -0.2) is 8.42 Å². The van der Waals surface area contributed by atoms with Gasteiger partial charge >= 0.3 is 5.97 Å². The predicted octanol–water partition coefficient (Wildman–Crippen LogP) is 1.16. The molecule has 6 heteroatoms. The monoisotopic (exact) mass is 284 g/mol. The summed E-state index contributed by atoms with van der Waals surface area (Å²) < 4.78 is 27.8. The molecule has 0 atom stereocenters. The minimum Gasteiger partial charge on any atom is -0.469 e. The summed E-state index contributed by atoms with van der Waals surface area (Å²) in [5, 5.41) is 0. The zero-order valence-corrected chi connectivity index (χ0v) is 11.7. The van der Waals surface area contributed by atoms with Gasteiger partial charge in [0.2, 0.25) is 0 Å². The van der Waals surface area contributed by atoms with Crippen molar-refractivity contribution in [3.05, 3.63) is 35.4 Å². The highest BCUT2D eigenvalue weighted by atomic mass is 32.2. The molecule has 1 aromatic rings. The minimum atomic E-state index is -3.60. The van der Waals surface area contributed by atoms with E-state index in [0.717, 1.165) is 5.56 Å². The molecule has 0 aromatic heterocycles. The molecule has 0 aliphatic heterocycles. The number of benzene rings is 1. The molecule has 0 unspecified atom stereocenters. The van der Waals surface area contributed by atoms with E-state index in [2.05, 4.69) is 4.74 Å². The van der Waals surface area contributed by atoms with Gasteiger partial charge in [0.25, 0.3) is 0 Å². The lowest BCUT2D eigenvalue weighted by Crippen LogP contribution is -2.21. The van der Waals surface area contributed by atoms with Crippen LogP contribution in [0.2, 0.25) is 0 Å². The van der Waals surface area contributed by atoms with E-state index in [1.165, 1.54) is 7.11 Å². The maximum atomic E-state index is 11.9. The summed E-state index contributed by atoms with van der Waals surface area (Å²) in [6.45, 7) is 1.74. The average molecular weight is 284 g/mol. The molecule has 0 amide bonds. The van der Waals surface area contributed by atoms with Crippen LogP contribution in [0.4, 0.5) is 0 Å². The van der Waals surface area contributed by atoms with Gasteiger partial charge in [-0.3, -0.25) is 9.59 Å². The Bertz CT molecular complexity index is 574. The number of aryl methyl sites for hydroxylation is 1. The summed E-state index contributed by atoms with van der Waals surface area (Å²) in [5.41, 5.74) is 1.12. The highest BCUT2D eigenvalue weighted by Gasteiger charge is 2.20.